The van der Waals surface area contributed by atoms with Crippen molar-refractivity contribution in [1.29, 1.82) is 0 Å². The van der Waals surface area contributed by atoms with Crippen LogP contribution in [0.25, 0.3) is 0 Å². The largest absolute Gasteiger partial charge is 0.308 e. The zero-order valence-electron chi connectivity index (χ0n) is 16.5. The minimum Gasteiger partial charge on any atom is -0.308 e. The molecule has 0 aromatic heterocycles. The quantitative estimate of drug-likeness (QED) is 0.846. The molecular formula is C21H25FN2O3S. The van der Waals surface area contributed by atoms with Crippen molar-refractivity contribution in [1.82, 2.24) is 4.72 Å². The van der Waals surface area contributed by atoms with Gasteiger partial charge >= 0.3 is 0 Å². The number of aryl methyl sites for hydroxylation is 2. The van der Waals surface area contributed by atoms with Crippen LogP contribution in [0.4, 0.5) is 10.1 Å². The molecular weight excluding hydrogens is 379 g/mol. The Labute approximate surface area is 165 Å². The molecule has 1 N–H and O–H groups in total. The SMILES string of the molecule is Cc1cc(F)cc2c1N(C(=O)c1ccc(S(=O)(=O)NC(C)(C)C)cc1)CCC2. The molecule has 7 heteroatoms. The molecule has 0 unspecified atom stereocenters. The third-order valence-electron chi connectivity index (χ3n) is 4.54. The van der Waals surface area contributed by atoms with Crippen molar-refractivity contribution in [3.63, 3.8) is 0 Å². The fourth-order valence-corrected chi connectivity index (χ4v) is 4.94. The summed E-state index contributed by atoms with van der Waals surface area (Å²) in [7, 11) is -3.66. The molecule has 1 heterocycles. The zero-order valence-corrected chi connectivity index (χ0v) is 17.4. The van der Waals surface area contributed by atoms with E-state index in [2.05, 4.69) is 4.72 Å². The third-order valence-corrected chi connectivity index (χ3v) is 6.31. The van der Waals surface area contributed by atoms with Crippen LogP contribution < -0.4 is 9.62 Å². The molecule has 2 aromatic carbocycles. The number of sulfonamides is 1. The number of halogens is 1. The maximum atomic E-state index is 13.7. The number of anilines is 1. The number of benzene rings is 2. The van der Waals surface area contributed by atoms with Gasteiger partial charge in [-0.2, -0.15) is 0 Å². The van der Waals surface area contributed by atoms with Crippen molar-refractivity contribution in [2.24, 2.45) is 0 Å². The Kier molecular flexibility index (Phi) is 5.34. The van der Waals surface area contributed by atoms with Crippen LogP contribution in [0.5, 0.6) is 0 Å². The van der Waals surface area contributed by atoms with Gasteiger partial charge in [0.1, 0.15) is 5.82 Å². The van der Waals surface area contributed by atoms with E-state index in [1.807, 2.05) is 0 Å². The fourth-order valence-electron chi connectivity index (χ4n) is 3.52. The van der Waals surface area contributed by atoms with E-state index in [1.165, 1.54) is 36.4 Å². The summed E-state index contributed by atoms with van der Waals surface area (Å²) in [6.07, 6.45) is 1.48. The number of carbonyl (C=O) groups is 1. The molecule has 1 aliphatic heterocycles. The van der Waals surface area contributed by atoms with E-state index >= 15 is 0 Å². The van der Waals surface area contributed by atoms with E-state index in [9.17, 15) is 17.6 Å². The fraction of sp³-hybridized carbons (Fsp3) is 0.381. The summed E-state index contributed by atoms with van der Waals surface area (Å²) < 4.78 is 41.2. The van der Waals surface area contributed by atoms with Crippen molar-refractivity contribution in [3.8, 4) is 0 Å². The first-order valence-corrected chi connectivity index (χ1v) is 10.7. The average molecular weight is 405 g/mol. The van der Waals surface area contributed by atoms with E-state index < -0.39 is 15.6 Å². The molecule has 5 nitrogen and oxygen atoms in total. The Hall–Kier alpha value is -2.25. The second kappa shape index (κ2) is 7.29. The van der Waals surface area contributed by atoms with Crippen LogP contribution >= 0.6 is 0 Å². The van der Waals surface area contributed by atoms with E-state index in [-0.39, 0.29) is 16.6 Å². The number of carbonyl (C=O) groups excluding carboxylic acids is 1. The minimum atomic E-state index is -3.66. The number of hydrogen-bond donors (Lipinski definition) is 1. The van der Waals surface area contributed by atoms with Crippen LogP contribution in [0.2, 0.25) is 0 Å². The molecule has 1 aliphatic rings. The van der Waals surface area contributed by atoms with Gasteiger partial charge in [0.05, 0.1) is 10.6 Å². The van der Waals surface area contributed by atoms with Gasteiger partial charge in [-0.05, 0) is 88.1 Å². The summed E-state index contributed by atoms with van der Waals surface area (Å²) in [6.45, 7) is 7.63. The molecule has 0 spiro atoms. The number of nitrogens with one attached hydrogen (secondary N) is 1. The molecule has 0 saturated carbocycles. The van der Waals surface area contributed by atoms with E-state index in [0.717, 1.165) is 29.7 Å². The molecule has 3 rings (SSSR count). The third kappa shape index (κ3) is 4.25. The number of amides is 1. The summed E-state index contributed by atoms with van der Waals surface area (Å²) in [6, 6.07) is 8.82. The number of nitrogens with zero attached hydrogens (tertiary/aromatic N) is 1. The van der Waals surface area contributed by atoms with Crippen molar-refractivity contribution in [2.75, 3.05) is 11.4 Å². The van der Waals surface area contributed by atoms with Crippen LogP contribution in [-0.4, -0.2) is 26.4 Å². The standard InChI is InChI=1S/C21H25FN2O3S/c1-14-12-17(22)13-16-6-5-11-24(19(14)16)20(25)15-7-9-18(10-8-15)28(26,27)23-21(2,3)4/h7-10,12-13,23H,5-6,11H2,1-4H3. The molecule has 0 aliphatic carbocycles. The van der Waals surface area contributed by atoms with Gasteiger partial charge < -0.3 is 4.90 Å². The highest BCUT2D eigenvalue weighted by molar-refractivity contribution is 7.89. The molecule has 2 aromatic rings. The summed E-state index contributed by atoms with van der Waals surface area (Å²) in [5.74, 6) is -0.519. The van der Waals surface area contributed by atoms with Gasteiger partial charge in [0.15, 0.2) is 0 Å². The van der Waals surface area contributed by atoms with Crippen molar-refractivity contribution < 1.29 is 17.6 Å². The maximum Gasteiger partial charge on any atom is 0.258 e. The minimum absolute atomic E-state index is 0.108. The maximum absolute atomic E-state index is 13.7. The van der Waals surface area contributed by atoms with Gasteiger partial charge in [0.25, 0.3) is 5.91 Å². The van der Waals surface area contributed by atoms with E-state index in [4.69, 9.17) is 0 Å². The summed E-state index contributed by atoms with van der Waals surface area (Å²) >= 11 is 0. The monoisotopic (exact) mass is 404 g/mol. The molecule has 150 valence electrons. The van der Waals surface area contributed by atoms with Crippen molar-refractivity contribution in [3.05, 3.63) is 58.9 Å². The Morgan fingerprint density at radius 1 is 1.14 bits per heavy atom. The number of fused-ring (bicyclic) bond motifs is 1. The van der Waals surface area contributed by atoms with Crippen LogP contribution in [-0.2, 0) is 16.4 Å². The van der Waals surface area contributed by atoms with Crippen LogP contribution in [0, 0.1) is 12.7 Å². The Bertz CT molecular complexity index is 1010. The van der Waals surface area contributed by atoms with Crippen LogP contribution in [0.3, 0.4) is 0 Å². The Morgan fingerprint density at radius 3 is 2.39 bits per heavy atom. The predicted octanol–water partition coefficient (Wildman–Crippen LogP) is 3.80. The first-order chi connectivity index (χ1) is 13.0. The lowest BCUT2D eigenvalue weighted by Gasteiger charge is -2.31. The first kappa shape index (κ1) is 20.5. The smallest absolute Gasteiger partial charge is 0.258 e. The van der Waals surface area contributed by atoms with Gasteiger partial charge in [-0.1, -0.05) is 0 Å². The van der Waals surface area contributed by atoms with E-state index in [0.29, 0.717) is 12.1 Å². The Balaban J connectivity index is 1.90. The highest BCUT2D eigenvalue weighted by Gasteiger charge is 2.27. The lowest BCUT2D eigenvalue weighted by Crippen LogP contribution is -2.40. The summed E-state index contributed by atoms with van der Waals surface area (Å²) in [5, 5.41) is 0. The van der Waals surface area contributed by atoms with Gasteiger partial charge in [0.2, 0.25) is 10.0 Å². The number of rotatable bonds is 3. The predicted molar refractivity (Wildman–Crippen MR) is 108 cm³/mol. The number of hydrogen-bond acceptors (Lipinski definition) is 3. The topological polar surface area (TPSA) is 66.5 Å². The molecule has 0 atom stereocenters. The lowest BCUT2D eigenvalue weighted by atomic mass is 9.97. The molecule has 1 amide bonds. The zero-order chi connectivity index (χ0) is 20.7. The molecule has 0 bridgehead atoms. The van der Waals surface area contributed by atoms with Crippen molar-refractivity contribution >= 4 is 21.6 Å². The second-order valence-electron chi connectivity index (χ2n) is 8.17. The van der Waals surface area contributed by atoms with Crippen LogP contribution in [0.1, 0.15) is 48.7 Å². The highest BCUT2D eigenvalue weighted by Crippen LogP contribution is 2.32. The summed E-state index contributed by atoms with van der Waals surface area (Å²) in [4.78, 5) is 14.8. The second-order valence-corrected chi connectivity index (χ2v) is 9.85. The highest BCUT2D eigenvalue weighted by atomic mass is 32.2. The lowest BCUT2D eigenvalue weighted by molar-refractivity contribution is 0.0984. The van der Waals surface area contributed by atoms with Gasteiger partial charge in [-0.25, -0.2) is 17.5 Å². The van der Waals surface area contributed by atoms with Crippen LogP contribution in [0.15, 0.2) is 41.3 Å². The van der Waals surface area contributed by atoms with Crippen molar-refractivity contribution in [2.45, 2.75) is 51.0 Å². The Morgan fingerprint density at radius 2 is 1.79 bits per heavy atom. The first-order valence-electron chi connectivity index (χ1n) is 9.23. The molecule has 28 heavy (non-hydrogen) atoms. The molecule has 0 radical (unpaired) electrons. The van der Waals surface area contributed by atoms with Gasteiger partial charge in [-0.15, -0.1) is 0 Å². The van der Waals surface area contributed by atoms with Gasteiger partial charge in [-0.3, -0.25) is 4.79 Å². The summed E-state index contributed by atoms with van der Waals surface area (Å²) in [5.41, 5.74) is 2.09. The normalized spacial score (nSPS) is 14.7. The molecule has 0 fully saturated rings. The molecule has 0 saturated heterocycles. The van der Waals surface area contributed by atoms with Gasteiger partial charge in [0, 0.05) is 17.6 Å². The van der Waals surface area contributed by atoms with E-state index in [1.54, 1.807) is 32.6 Å². The average Bonchev–Trinajstić information content (AvgIpc) is 2.58.